The number of aliphatic hydroxyl groups excluding tert-OH is 1. The summed E-state index contributed by atoms with van der Waals surface area (Å²) in [7, 11) is 0. The fraction of sp³-hybridized carbons (Fsp3) is 0.455. The van der Waals surface area contributed by atoms with Gasteiger partial charge in [0.15, 0.2) is 0 Å². The zero-order valence-corrected chi connectivity index (χ0v) is 9.92. The lowest BCUT2D eigenvalue weighted by Gasteiger charge is -2.16. The first-order chi connectivity index (χ1) is 6.77. The van der Waals surface area contributed by atoms with E-state index in [0.717, 1.165) is 10.9 Å². The van der Waals surface area contributed by atoms with E-state index in [1.807, 2.05) is 12.1 Å². The van der Waals surface area contributed by atoms with Crippen LogP contribution >= 0.6 is 15.9 Å². The highest BCUT2D eigenvalue weighted by atomic mass is 79.9. The first kappa shape index (κ1) is 11.7. The molecule has 1 rings (SSSR count). The van der Waals surface area contributed by atoms with Gasteiger partial charge in [-0.2, -0.15) is 0 Å². The largest absolute Gasteiger partial charge is 0.395 e. The standard InChI is InChI=1S/C11H16BrNO/c1-2-11(13-6-7-14)9-4-3-5-10(12)8-9/h3-5,8,11,13-14H,2,6-7H2,1H3. The molecule has 2 nitrogen and oxygen atoms in total. The summed E-state index contributed by atoms with van der Waals surface area (Å²) < 4.78 is 1.10. The van der Waals surface area contributed by atoms with Crippen molar-refractivity contribution in [3.63, 3.8) is 0 Å². The first-order valence-corrected chi connectivity index (χ1v) is 5.67. The van der Waals surface area contributed by atoms with Gasteiger partial charge in [-0.05, 0) is 24.1 Å². The van der Waals surface area contributed by atoms with Crippen molar-refractivity contribution in [1.29, 1.82) is 0 Å². The number of rotatable bonds is 5. The molecule has 0 heterocycles. The van der Waals surface area contributed by atoms with E-state index >= 15 is 0 Å². The Bertz CT molecular complexity index is 278. The quantitative estimate of drug-likeness (QED) is 0.850. The van der Waals surface area contributed by atoms with Gasteiger partial charge in [0.25, 0.3) is 0 Å². The van der Waals surface area contributed by atoms with E-state index in [2.05, 4.69) is 40.3 Å². The van der Waals surface area contributed by atoms with Gasteiger partial charge in [-0.1, -0.05) is 35.0 Å². The van der Waals surface area contributed by atoms with Crippen LogP contribution in [0.4, 0.5) is 0 Å². The van der Waals surface area contributed by atoms with Gasteiger partial charge in [-0.15, -0.1) is 0 Å². The Hall–Kier alpha value is -0.380. The molecule has 78 valence electrons. The number of hydrogen-bond acceptors (Lipinski definition) is 2. The van der Waals surface area contributed by atoms with Crippen LogP contribution in [-0.2, 0) is 0 Å². The highest BCUT2D eigenvalue weighted by molar-refractivity contribution is 9.10. The van der Waals surface area contributed by atoms with Crippen LogP contribution in [-0.4, -0.2) is 18.3 Å². The predicted molar refractivity (Wildman–Crippen MR) is 62.3 cm³/mol. The van der Waals surface area contributed by atoms with Gasteiger partial charge < -0.3 is 10.4 Å². The van der Waals surface area contributed by atoms with Gasteiger partial charge in [0.2, 0.25) is 0 Å². The van der Waals surface area contributed by atoms with Crippen molar-refractivity contribution in [3.05, 3.63) is 34.3 Å². The van der Waals surface area contributed by atoms with Crippen LogP contribution in [0.15, 0.2) is 28.7 Å². The summed E-state index contributed by atoms with van der Waals surface area (Å²) in [6, 6.07) is 8.59. The minimum Gasteiger partial charge on any atom is -0.395 e. The number of aliphatic hydroxyl groups is 1. The molecule has 1 aromatic carbocycles. The molecule has 0 aliphatic rings. The normalized spacial score (nSPS) is 12.8. The Balaban J connectivity index is 2.68. The van der Waals surface area contributed by atoms with E-state index < -0.39 is 0 Å². The number of benzene rings is 1. The van der Waals surface area contributed by atoms with E-state index in [4.69, 9.17) is 5.11 Å². The lowest BCUT2D eigenvalue weighted by atomic mass is 10.1. The fourth-order valence-corrected chi connectivity index (χ4v) is 1.88. The lowest BCUT2D eigenvalue weighted by Crippen LogP contribution is -2.23. The average molecular weight is 258 g/mol. The summed E-state index contributed by atoms with van der Waals surface area (Å²) in [4.78, 5) is 0. The third-order valence-corrected chi connectivity index (χ3v) is 2.66. The van der Waals surface area contributed by atoms with Crippen LogP contribution in [0.1, 0.15) is 24.9 Å². The minimum atomic E-state index is 0.185. The zero-order chi connectivity index (χ0) is 10.4. The molecule has 0 spiro atoms. The fourth-order valence-electron chi connectivity index (χ4n) is 1.46. The van der Waals surface area contributed by atoms with Crippen molar-refractivity contribution in [2.75, 3.05) is 13.2 Å². The average Bonchev–Trinajstić information content (AvgIpc) is 2.19. The van der Waals surface area contributed by atoms with Gasteiger partial charge in [0.1, 0.15) is 0 Å². The second kappa shape index (κ2) is 6.17. The summed E-state index contributed by atoms with van der Waals surface area (Å²) in [6.45, 7) is 2.96. The van der Waals surface area contributed by atoms with E-state index in [1.54, 1.807) is 0 Å². The molecular formula is C11H16BrNO. The molecule has 0 saturated heterocycles. The van der Waals surface area contributed by atoms with Gasteiger partial charge in [-0.25, -0.2) is 0 Å². The Morgan fingerprint density at radius 2 is 2.29 bits per heavy atom. The summed E-state index contributed by atoms with van der Waals surface area (Å²) in [5, 5.41) is 12.0. The van der Waals surface area contributed by atoms with Crippen LogP contribution in [0.3, 0.4) is 0 Å². The topological polar surface area (TPSA) is 32.3 Å². The summed E-state index contributed by atoms with van der Waals surface area (Å²) in [5.74, 6) is 0. The second-order valence-corrected chi connectivity index (χ2v) is 4.11. The third-order valence-electron chi connectivity index (χ3n) is 2.16. The van der Waals surface area contributed by atoms with Crippen molar-refractivity contribution < 1.29 is 5.11 Å². The smallest absolute Gasteiger partial charge is 0.0556 e. The van der Waals surface area contributed by atoms with Gasteiger partial charge in [0.05, 0.1) is 6.61 Å². The monoisotopic (exact) mass is 257 g/mol. The van der Waals surface area contributed by atoms with Crippen molar-refractivity contribution in [3.8, 4) is 0 Å². The van der Waals surface area contributed by atoms with Crippen molar-refractivity contribution in [1.82, 2.24) is 5.32 Å². The summed E-state index contributed by atoms with van der Waals surface area (Å²) in [5.41, 5.74) is 1.26. The Labute approximate surface area is 93.5 Å². The molecule has 0 fully saturated rings. The number of halogens is 1. The zero-order valence-electron chi connectivity index (χ0n) is 8.33. The maximum absolute atomic E-state index is 8.74. The number of hydrogen-bond donors (Lipinski definition) is 2. The van der Waals surface area contributed by atoms with Crippen LogP contribution in [0, 0.1) is 0 Å². The molecule has 0 aliphatic heterocycles. The molecule has 1 unspecified atom stereocenters. The Morgan fingerprint density at radius 1 is 1.50 bits per heavy atom. The molecular weight excluding hydrogens is 242 g/mol. The van der Waals surface area contributed by atoms with Crippen molar-refractivity contribution in [2.45, 2.75) is 19.4 Å². The molecule has 0 saturated carbocycles. The molecule has 14 heavy (non-hydrogen) atoms. The van der Waals surface area contributed by atoms with Crippen LogP contribution in [0.2, 0.25) is 0 Å². The molecule has 0 radical (unpaired) electrons. The molecule has 0 bridgehead atoms. The van der Waals surface area contributed by atoms with Gasteiger partial charge in [-0.3, -0.25) is 0 Å². The van der Waals surface area contributed by atoms with Crippen LogP contribution in [0.25, 0.3) is 0 Å². The van der Waals surface area contributed by atoms with Crippen LogP contribution in [0.5, 0.6) is 0 Å². The maximum Gasteiger partial charge on any atom is 0.0556 e. The molecule has 3 heteroatoms. The van der Waals surface area contributed by atoms with Gasteiger partial charge >= 0.3 is 0 Å². The molecule has 1 aromatic rings. The van der Waals surface area contributed by atoms with E-state index in [9.17, 15) is 0 Å². The third kappa shape index (κ3) is 3.40. The van der Waals surface area contributed by atoms with Crippen LogP contribution < -0.4 is 5.32 Å². The molecule has 1 atom stereocenters. The Morgan fingerprint density at radius 3 is 2.86 bits per heavy atom. The predicted octanol–water partition coefficient (Wildman–Crippen LogP) is 2.48. The maximum atomic E-state index is 8.74. The minimum absolute atomic E-state index is 0.185. The van der Waals surface area contributed by atoms with E-state index in [0.29, 0.717) is 12.6 Å². The SMILES string of the molecule is CCC(NCCO)c1cccc(Br)c1. The number of nitrogens with one attached hydrogen (secondary N) is 1. The van der Waals surface area contributed by atoms with Crippen molar-refractivity contribution >= 4 is 15.9 Å². The summed E-state index contributed by atoms with van der Waals surface area (Å²) in [6.07, 6.45) is 1.02. The van der Waals surface area contributed by atoms with Gasteiger partial charge in [0, 0.05) is 17.1 Å². The Kier molecular flexibility index (Phi) is 5.15. The van der Waals surface area contributed by atoms with E-state index in [-0.39, 0.29) is 6.61 Å². The highest BCUT2D eigenvalue weighted by Gasteiger charge is 2.07. The molecule has 0 amide bonds. The van der Waals surface area contributed by atoms with E-state index in [1.165, 1.54) is 5.56 Å². The molecule has 2 N–H and O–H groups in total. The lowest BCUT2D eigenvalue weighted by molar-refractivity contribution is 0.283. The molecule has 0 aliphatic carbocycles. The van der Waals surface area contributed by atoms with Crippen molar-refractivity contribution in [2.24, 2.45) is 0 Å². The first-order valence-electron chi connectivity index (χ1n) is 4.87. The summed E-state index contributed by atoms with van der Waals surface area (Å²) >= 11 is 3.45. The highest BCUT2D eigenvalue weighted by Crippen LogP contribution is 2.20. The second-order valence-electron chi connectivity index (χ2n) is 3.19. The molecule has 0 aromatic heterocycles.